The van der Waals surface area contributed by atoms with E-state index in [9.17, 15) is 19.5 Å². The molecular weight excluding hydrogens is 743 g/mol. The fraction of sp³-hybridized carbons (Fsp3) is 0.940. The maximum atomic E-state index is 12.8. The number of likely N-dealkylation sites (N-methyl/N-ethyl adjacent to an activating group) is 1. The van der Waals surface area contributed by atoms with Gasteiger partial charge in [-0.25, -0.2) is 0 Å². The van der Waals surface area contributed by atoms with Gasteiger partial charge in [0.15, 0.2) is 12.4 Å². The van der Waals surface area contributed by atoms with Crippen LogP contribution in [0, 0.1) is 0 Å². The van der Waals surface area contributed by atoms with Gasteiger partial charge in [-0.05, 0) is 12.8 Å². The van der Waals surface area contributed by atoms with Crippen molar-refractivity contribution in [3.63, 3.8) is 0 Å². The summed E-state index contributed by atoms with van der Waals surface area (Å²) in [5, 5.41) is 11.7. The van der Waals surface area contributed by atoms with Gasteiger partial charge in [-0.2, -0.15) is 0 Å². The third kappa shape index (κ3) is 44.2. The van der Waals surface area contributed by atoms with Crippen molar-refractivity contribution >= 4 is 17.9 Å². The maximum absolute atomic E-state index is 12.8. The SMILES string of the molecule is CCCCCCCCCCCCCCCCCCCCCCCCC(=O)OC(COC(=O)CCCCCCCCCCCCCC)COC(OCC[N+](C)(C)C)C(=O)[O-]. The molecule has 350 valence electrons. The van der Waals surface area contributed by atoms with Crippen molar-refractivity contribution in [3.8, 4) is 0 Å². The highest BCUT2D eigenvalue weighted by Gasteiger charge is 2.22. The Hall–Kier alpha value is -1.71. The van der Waals surface area contributed by atoms with E-state index in [1.165, 1.54) is 180 Å². The first kappa shape index (κ1) is 57.3. The van der Waals surface area contributed by atoms with E-state index >= 15 is 0 Å². The molecule has 9 heteroatoms. The highest BCUT2D eigenvalue weighted by atomic mass is 16.7. The van der Waals surface area contributed by atoms with Gasteiger partial charge >= 0.3 is 11.9 Å². The van der Waals surface area contributed by atoms with Crippen LogP contribution in [0.25, 0.3) is 0 Å². The average molecular weight is 840 g/mol. The number of carboxylic acids is 1. The van der Waals surface area contributed by atoms with Gasteiger partial charge in [0.1, 0.15) is 13.2 Å². The second-order valence-corrected chi connectivity index (χ2v) is 18.5. The quantitative estimate of drug-likeness (QED) is 0.0258. The van der Waals surface area contributed by atoms with Crippen molar-refractivity contribution in [1.29, 1.82) is 0 Å². The van der Waals surface area contributed by atoms with E-state index in [1.807, 2.05) is 21.1 Å². The summed E-state index contributed by atoms with van der Waals surface area (Å²) in [7, 11) is 5.92. The number of aliphatic carboxylic acids is 1. The molecule has 0 aliphatic heterocycles. The summed E-state index contributed by atoms with van der Waals surface area (Å²) in [5.41, 5.74) is 0. The fourth-order valence-electron chi connectivity index (χ4n) is 7.42. The van der Waals surface area contributed by atoms with Gasteiger partial charge in [0.05, 0.1) is 40.3 Å². The van der Waals surface area contributed by atoms with Crippen molar-refractivity contribution in [2.24, 2.45) is 0 Å². The molecule has 0 heterocycles. The molecule has 0 aromatic heterocycles. The predicted octanol–water partition coefficient (Wildman–Crippen LogP) is 12.3. The Morgan fingerprint density at radius 1 is 0.441 bits per heavy atom. The molecule has 0 amide bonds. The smallest absolute Gasteiger partial charge is 0.306 e. The highest BCUT2D eigenvalue weighted by Crippen LogP contribution is 2.17. The molecule has 0 rings (SSSR count). The average Bonchev–Trinajstić information content (AvgIpc) is 3.19. The molecule has 2 atom stereocenters. The number of unbranched alkanes of at least 4 members (excludes halogenated alkanes) is 32. The first-order chi connectivity index (χ1) is 28.6. The van der Waals surface area contributed by atoms with Crippen LogP contribution in [0.1, 0.15) is 245 Å². The van der Waals surface area contributed by atoms with Crippen molar-refractivity contribution in [2.45, 2.75) is 257 Å². The molecule has 0 spiro atoms. The molecule has 0 N–H and O–H groups in total. The Balaban J connectivity index is 4.24. The molecule has 0 aliphatic rings. The molecule has 0 saturated carbocycles. The van der Waals surface area contributed by atoms with Gasteiger partial charge in [-0.3, -0.25) is 9.59 Å². The topological polar surface area (TPSA) is 111 Å². The van der Waals surface area contributed by atoms with E-state index in [2.05, 4.69) is 13.8 Å². The number of carbonyl (C=O) groups excluding carboxylic acids is 3. The summed E-state index contributed by atoms with van der Waals surface area (Å²) in [4.78, 5) is 37.0. The third-order valence-electron chi connectivity index (χ3n) is 11.4. The number of ether oxygens (including phenoxy) is 4. The number of nitrogens with zero attached hydrogens (tertiary/aromatic N) is 1. The van der Waals surface area contributed by atoms with Gasteiger partial charge in [-0.1, -0.05) is 219 Å². The van der Waals surface area contributed by atoms with E-state index in [4.69, 9.17) is 18.9 Å². The number of carboxylic acid groups (broad SMARTS) is 1. The summed E-state index contributed by atoms with van der Waals surface area (Å²) in [6.07, 6.45) is 41.4. The van der Waals surface area contributed by atoms with Crippen LogP contribution in [-0.2, 0) is 33.3 Å². The van der Waals surface area contributed by atoms with Gasteiger partial charge in [-0.15, -0.1) is 0 Å². The molecular formula is C50H97NO8. The number of carbonyl (C=O) groups is 3. The Labute approximate surface area is 364 Å². The minimum atomic E-state index is -1.61. The summed E-state index contributed by atoms with van der Waals surface area (Å²) in [6, 6.07) is 0. The lowest BCUT2D eigenvalue weighted by Crippen LogP contribution is -2.44. The van der Waals surface area contributed by atoms with Gasteiger partial charge < -0.3 is 33.3 Å². The molecule has 59 heavy (non-hydrogen) atoms. The van der Waals surface area contributed by atoms with Crippen molar-refractivity contribution in [1.82, 2.24) is 0 Å². The molecule has 9 nitrogen and oxygen atoms in total. The van der Waals surface area contributed by atoms with E-state index in [1.54, 1.807) is 0 Å². The van der Waals surface area contributed by atoms with Gasteiger partial charge in [0, 0.05) is 12.8 Å². The van der Waals surface area contributed by atoms with Crippen LogP contribution in [0.3, 0.4) is 0 Å². The first-order valence-electron chi connectivity index (χ1n) is 25.2. The second-order valence-electron chi connectivity index (χ2n) is 18.5. The molecule has 0 saturated heterocycles. The number of rotatable bonds is 47. The fourth-order valence-corrected chi connectivity index (χ4v) is 7.42. The lowest BCUT2D eigenvalue weighted by Gasteiger charge is -2.26. The third-order valence-corrected chi connectivity index (χ3v) is 11.4. The lowest BCUT2D eigenvalue weighted by atomic mass is 10.0. The van der Waals surface area contributed by atoms with Gasteiger partial charge in [0.2, 0.25) is 0 Å². The normalized spacial score (nSPS) is 12.8. The minimum absolute atomic E-state index is 0.153. The van der Waals surface area contributed by atoms with E-state index < -0.39 is 24.3 Å². The zero-order chi connectivity index (χ0) is 43.5. The maximum Gasteiger partial charge on any atom is 0.306 e. The Morgan fingerprint density at radius 3 is 1.08 bits per heavy atom. The highest BCUT2D eigenvalue weighted by molar-refractivity contribution is 5.70. The standard InChI is InChI=1S/C50H97NO8/c1-6-8-10-12-14-16-18-20-21-22-23-24-25-26-27-28-29-31-33-35-37-39-41-48(53)59-46(45-58-50(49(54)55)56-43-42-51(3,4)5)44-57-47(52)40-38-36-34-32-30-19-17-15-13-11-9-7-2/h46,50H,6-45H2,1-5H3. The van der Waals surface area contributed by atoms with Gasteiger partial charge in [0.25, 0.3) is 0 Å². The molecule has 0 aromatic carbocycles. The van der Waals surface area contributed by atoms with Crippen LogP contribution >= 0.6 is 0 Å². The minimum Gasteiger partial charge on any atom is -0.545 e. The van der Waals surface area contributed by atoms with Crippen LogP contribution in [0.2, 0.25) is 0 Å². The van der Waals surface area contributed by atoms with E-state index in [-0.39, 0.29) is 32.2 Å². The van der Waals surface area contributed by atoms with Crippen LogP contribution in [-0.4, -0.2) is 82.3 Å². The monoisotopic (exact) mass is 840 g/mol. The molecule has 0 fully saturated rings. The zero-order valence-electron chi connectivity index (χ0n) is 39.7. The summed E-state index contributed by atoms with van der Waals surface area (Å²) >= 11 is 0. The lowest BCUT2D eigenvalue weighted by molar-refractivity contribution is -0.870. The molecule has 2 unspecified atom stereocenters. The van der Waals surface area contributed by atoms with Crippen LogP contribution in [0.5, 0.6) is 0 Å². The number of esters is 2. The summed E-state index contributed by atoms with van der Waals surface area (Å²) < 4.78 is 22.6. The Bertz CT molecular complexity index is 938. The molecule has 0 aromatic rings. The largest absolute Gasteiger partial charge is 0.545 e. The first-order valence-corrected chi connectivity index (χ1v) is 25.2. The summed E-state index contributed by atoms with van der Waals surface area (Å²) in [6.45, 7) is 4.78. The molecule has 0 radical (unpaired) electrons. The van der Waals surface area contributed by atoms with Crippen LogP contribution < -0.4 is 5.11 Å². The predicted molar refractivity (Wildman–Crippen MR) is 242 cm³/mol. The Morgan fingerprint density at radius 2 is 0.763 bits per heavy atom. The number of hydrogen-bond donors (Lipinski definition) is 0. The number of hydrogen-bond acceptors (Lipinski definition) is 8. The Kier molecular flexibility index (Phi) is 41.7. The second kappa shape index (κ2) is 43.0. The number of quaternary nitrogens is 1. The van der Waals surface area contributed by atoms with E-state index in [0.29, 0.717) is 17.4 Å². The molecule has 0 bridgehead atoms. The summed E-state index contributed by atoms with van der Waals surface area (Å²) in [5.74, 6) is -2.26. The molecule has 0 aliphatic carbocycles. The van der Waals surface area contributed by atoms with Crippen LogP contribution in [0.4, 0.5) is 0 Å². The van der Waals surface area contributed by atoms with Crippen molar-refractivity contribution in [3.05, 3.63) is 0 Å². The van der Waals surface area contributed by atoms with Crippen LogP contribution in [0.15, 0.2) is 0 Å². The van der Waals surface area contributed by atoms with E-state index in [0.717, 1.165) is 38.5 Å². The van der Waals surface area contributed by atoms with Crippen molar-refractivity contribution in [2.75, 3.05) is 47.5 Å². The zero-order valence-corrected chi connectivity index (χ0v) is 39.7. The van der Waals surface area contributed by atoms with Crippen molar-refractivity contribution < 1.29 is 42.9 Å².